The molecule has 0 bridgehead atoms. The van der Waals surface area contributed by atoms with Gasteiger partial charge < -0.3 is 14.4 Å². The van der Waals surface area contributed by atoms with Gasteiger partial charge in [0.25, 0.3) is 0 Å². The monoisotopic (exact) mass is 465 g/mol. The van der Waals surface area contributed by atoms with Gasteiger partial charge in [0.2, 0.25) is 0 Å². The van der Waals surface area contributed by atoms with E-state index in [1.54, 1.807) is 7.11 Å². The van der Waals surface area contributed by atoms with Crippen LogP contribution < -0.4 is 4.74 Å². The molecule has 2 atom stereocenters. The number of carbonyl (C=O) groups excluding carboxylic acids is 2. The molecular formula is C27H28ClNO4. The van der Waals surface area contributed by atoms with E-state index in [1.807, 2.05) is 66.6 Å². The second-order valence-electron chi connectivity index (χ2n) is 8.52. The molecule has 6 heteroatoms. The SMILES string of the molecule is COC(=O)C1=C(C)N(Cc2ccccc2Cl)C=CC1CC1CCc2cc(OC)ccc2C1=O. The third-order valence-electron chi connectivity index (χ3n) is 6.64. The number of hydrogen-bond donors (Lipinski definition) is 0. The molecule has 0 N–H and O–H groups in total. The van der Waals surface area contributed by atoms with Crippen LogP contribution in [0.1, 0.15) is 41.3 Å². The number of hydrogen-bond acceptors (Lipinski definition) is 5. The lowest BCUT2D eigenvalue weighted by Gasteiger charge is -2.33. The molecule has 0 aromatic heterocycles. The molecule has 2 aromatic carbocycles. The van der Waals surface area contributed by atoms with Crippen LogP contribution in [0, 0.1) is 11.8 Å². The average molecular weight is 466 g/mol. The predicted molar refractivity (Wildman–Crippen MR) is 128 cm³/mol. The first-order valence-corrected chi connectivity index (χ1v) is 11.5. The number of benzene rings is 2. The number of fused-ring (bicyclic) bond motifs is 1. The average Bonchev–Trinajstić information content (AvgIpc) is 2.83. The number of methoxy groups -OCH3 is 2. The van der Waals surface area contributed by atoms with E-state index in [0.29, 0.717) is 23.6 Å². The molecule has 0 saturated heterocycles. The van der Waals surface area contributed by atoms with Gasteiger partial charge in [-0.3, -0.25) is 4.79 Å². The zero-order chi connectivity index (χ0) is 23.5. The lowest BCUT2D eigenvalue weighted by molar-refractivity contribution is -0.136. The highest BCUT2D eigenvalue weighted by Gasteiger charge is 2.34. The van der Waals surface area contributed by atoms with Crippen molar-refractivity contribution in [3.05, 3.63) is 87.7 Å². The maximum Gasteiger partial charge on any atom is 0.336 e. The molecule has 172 valence electrons. The highest BCUT2D eigenvalue weighted by Crippen LogP contribution is 2.37. The maximum absolute atomic E-state index is 13.2. The van der Waals surface area contributed by atoms with Gasteiger partial charge in [0.05, 0.1) is 19.8 Å². The van der Waals surface area contributed by atoms with E-state index in [4.69, 9.17) is 21.1 Å². The van der Waals surface area contributed by atoms with Crippen LogP contribution in [0.15, 0.2) is 66.0 Å². The molecule has 33 heavy (non-hydrogen) atoms. The van der Waals surface area contributed by atoms with E-state index in [0.717, 1.165) is 41.0 Å². The Morgan fingerprint density at radius 2 is 1.97 bits per heavy atom. The van der Waals surface area contributed by atoms with Crippen LogP contribution in [0.4, 0.5) is 0 Å². The number of ketones is 1. The number of rotatable bonds is 6. The van der Waals surface area contributed by atoms with Crippen molar-refractivity contribution < 1.29 is 19.1 Å². The number of aryl methyl sites for hydroxylation is 1. The first kappa shape index (κ1) is 23.1. The van der Waals surface area contributed by atoms with E-state index < -0.39 is 0 Å². The predicted octanol–water partition coefficient (Wildman–Crippen LogP) is 5.58. The molecule has 0 radical (unpaired) electrons. The Bertz CT molecular complexity index is 1140. The van der Waals surface area contributed by atoms with Crippen molar-refractivity contribution in [2.75, 3.05) is 14.2 Å². The van der Waals surface area contributed by atoms with E-state index in [2.05, 4.69) is 0 Å². The molecule has 0 fully saturated rings. The molecule has 5 nitrogen and oxygen atoms in total. The third kappa shape index (κ3) is 4.69. The van der Waals surface area contributed by atoms with Crippen LogP contribution in [-0.4, -0.2) is 30.9 Å². The third-order valence-corrected chi connectivity index (χ3v) is 7.01. The van der Waals surface area contributed by atoms with Crippen molar-refractivity contribution in [1.82, 2.24) is 4.90 Å². The molecule has 1 aliphatic carbocycles. The minimum atomic E-state index is -0.362. The van der Waals surface area contributed by atoms with Gasteiger partial charge in [0.15, 0.2) is 5.78 Å². The molecule has 1 aliphatic heterocycles. The van der Waals surface area contributed by atoms with Crippen molar-refractivity contribution in [3.63, 3.8) is 0 Å². The Labute approximate surface area is 199 Å². The molecule has 2 aliphatic rings. The van der Waals surface area contributed by atoms with Crippen LogP contribution >= 0.6 is 11.6 Å². The summed E-state index contributed by atoms with van der Waals surface area (Å²) in [6.45, 7) is 2.47. The molecule has 2 unspecified atom stereocenters. The maximum atomic E-state index is 13.2. The summed E-state index contributed by atoms with van der Waals surface area (Å²) >= 11 is 6.35. The standard InChI is InChI=1S/C27H28ClNO4/c1-17-25(27(31)33-3)19(12-13-29(17)16-21-6-4-5-7-24(21)28)14-20-9-8-18-15-22(32-2)10-11-23(18)26(20)30/h4-7,10-13,15,19-20H,8-9,14,16H2,1-3H3. The Kier molecular flexibility index (Phi) is 6.89. The first-order valence-electron chi connectivity index (χ1n) is 11.1. The normalized spacial score (nSPS) is 20.0. The van der Waals surface area contributed by atoms with Gasteiger partial charge in [-0.2, -0.15) is 0 Å². The number of halogens is 1. The number of carbonyl (C=O) groups is 2. The summed E-state index contributed by atoms with van der Waals surface area (Å²) in [6, 6.07) is 13.3. The molecule has 1 heterocycles. The van der Waals surface area contributed by atoms with E-state index in [1.165, 1.54) is 7.11 Å². The van der Waals surface area contributed by atoms with Gasteiger partial charge in [0.1, 0.15) is 5.75 Å². The summed E-state index contributed by atoms with van der Waals surface area (Å²) in [5.41, 5.74) is 4.18. The summed E-state index contributed by atoms with van der Waals surface area (Å²) in [7, 11) is 3.02. The topological polar surface area (TPSA) is 55.8 Å². The van der Waals surface area contributed by atoms with Crippen molar-refractivity contribution in [3.8, 4) is 5.75 Å². The Hall–Kier alpha value is -3.05. The fourth-order valence-corrected chi connectivity index (χ4v) is 4.98. The highest BCUT2D eigenvalue weighted by molar-refractivity contribution is 6.31. The van der Waals surface area contributed by atoms with Crippen LogP contribution in [0.25, 0.3) is 0 Å². The molecule has 0 amide bonds. The van der Waals surface area contributed by atoms with Gasteiger partial charge in [-0.1, -0.05) is 35.9 Å². The summed E-state index contributed by atoms with van der Waals surface area (Å²) in [4.78, 5) is 28.0. The molecule has 4 rings (SSSR count). The number of esters is 1. The number of allylic oxidation sites excluding steroid dienone is 2. The zero-order valence-corrected chi connectivity index (χ0v) is 19.9. The zero-order valence-electron chi connectivity index (χ0n) is 19.1. The largest absolute Gasteiger partial charge is 0.497 e. The van der Waals surface area contributed by atoms with Gasteiger partial charge >= 0.3 is 5.97 Å². The lowest BCUT2D eigenvalue weighted by Crippen LogP contribution is -2.31. The fourth-order valence-electron chi connectivity index (χ4n) is 4.78. The van der Waals surface area contributed by atoms with Gasteiger partial charge in [-0.05, 0) is 61.6 Å². The molecule has 0 saturated carbocycles. The number of ether oxygens (including phenoxy) is 2. The van der Waals surface area contributed by atoms with E-state index in [9.17, 15) is 9.59 Å². The van der Waals surface area contributed by atoms with Crippen molar-refractivity contribution in [1.29, 1.82) is 0 Å². The molecule has 0 spiro atoms. The summed E-state index contributed by atoms with van der Waals surface area (Å²) in [6.07, 6.45) is 6.13. The highest BCUT2D eigenvalue weighted by atomic mass is 35.5. The second kappa shape index (κ2) is 9.84. The summed E-state index contributed by atoms with van der Waals surface area (Å²) in [5.74, 6) is 0.198. The minimum absolute atomic E-state index is 0.132. The Morgan fingerprint density at radius 1 is 1.18 bits per heavy atom. The van der Waals surface area contributed by atoms with Gasteiger partial charge in [0, 0.05) is 40.9 Å². The minimum Gasteiger partial charge on any atom is -0.497 e. The van der Waals surface area contributed by atoms with Crippen LogP contribution in [0.3, 0.4) is 0 Å². The first-order chi connectivity index (χ1) is 15.9. The number of Topliss-reactive ketones (excluding diaryl/α,β-unsaturated/α-hetero) is 1. The van der Waals surface area contributed by atoms with Crippen molar-refractivity contribution >= 4 is 23.4 Å². The quantitative estimate of drug-likeness (QED) is 0.521. The Balaban J connectivity index is 1.57. The Morgan fingerprint density at radius 3 is 2.70 bits per heavy atom. The lowest BCUT2D eigenvalue weighted by atomic mass is 9.76. The van der Waals surface area contributed by atoms with Gasteiger partial charge in [-0.25, -0.2) is 4.79 Å². The smallest absolute Gasteiger partial charge is 0.336 e. The van der Waals surface area contributed by atoms with E-state index in [-0.39, 0.29) is 23.6 Å². The molecule has 2 aromatic rings. The fraction of sp³-hybridized carbons (Fsp3) is 0.333. The molecular weight excluding hydrogens is 438 g/mol. The van der Waals surface area contributed by atoms with Gasteiger partial charge in [-0.15, -0.1) is 0 Å². The van der Waals surface area contributed by atoms with Crippen LogP contribution in [0.2, 0.25) is 5.02 Å². The summed E-state index contributed by atoms with van der Waals surface area (Å²) < 4.78 is 10.4. The van der Waals surface area contributed by atoms with Crippen molar-refractivity contribution in [2.45, 2.75) is 32.7 Å². The van der Waals surface area contributed by atoms with Crippen LogP contribution in [-0.2, 0) is 22.5 Å². The van der Waals surface area contributed by atoms with Crippen molar-refractivity contribution in [2.24, 2.45) is 11.8 Å². The van der Waals surface area contributed by atoms with Crippen LogP contribution in [0.5, 0.6) is 5.75 Å². The summed E-state index contributed by atoms with van der Waals surface area (Å²) in [5, 5.41) is 0.684. The van der Waals surface area contributed by atoms with E-state index >= 15 is 0 Å². The number of nitrogens with zero attached hydrogens (tertiary/aromatic N) is 1. The second-order valence-corrected chi connectivity index (χ2v) is 8.92.